The average molecular weight is 402 g/mol. The Bertz CT molecular complexity index is 1060. The molecule has 9 heteroatoms. The third kappa shape index (κ3) is 3.37. The lowest BCUT2D eigenvalue weighted by atomic mass is 10.1. The molecule has 1 aromatic heterocycles. The molecule has 3 N–H and O–H groups in total. The highest BCUT2D eigenvalue weighted by atomic mass is 35.5. The van der Waals surface area contributed by atoms with Gasteiger partial charge in [-0.25, -0.2) is 9.48 Å². The highest BCUT2D eigenvalue weighted by Gasteiger charge is 2.22. The zero-order valence-corrected chi connectivity index (χ0v) is 15.7. The first-order valence-corrected chi connectivity index (χ1v) is 8.39. The predicted molar refractivity (Wildman–Crippen MR) is 103 cm³/mol. The van der Waals surface area contributed by atoms with Crippen LogP contribution in [-0.4, -0.2) is 41.0 Å². The number of hydrogen-bond acceptors (Lipinski definition) is 5. The van der Waals surface area contributed by atoms with Crippen LogP contribution >= 0.6 is 11.6 Å². The van der Waals surface area contributed by atoms with Crippen LogP contribution in [0.25, 0.3) is 16.9 Å². The first-order valence-electron chi connectivity index (χ1n) is 8.01. The fourth-order valence-corrected chi connectivity index (χ4v) is 3.07. The molecule has 1 heterocycles. The lowest BCUT2D eigenvalue weighted by molar-refractivity contribution is 0.0689. The molecule has 0 spiro atoms. The molecule has 0 aliphatic heterocycles. The Morgan fingerprint density at radius 3 is 2.25 bits per heavy atom. The molecule has 0 unspecified atom stereocenters. The summed E-state index contributed by atoms with van der Waals surface area (Å²) in [6.07, 6.45) is 0. The molecule has 0 fully saturated rings. The fraction of sp³-hybridized carbons (Fsp3) is 0.105. The standard InChI is InChI=1S/C19H16ClN3O5/c1-27-15-4-3-5-16(28-2)17(15)14-9-13(19(25)26)22-23(14)10-6-7-11(18(21)24)12(20)8-10/h3-9H,1-2H3,(H2,21,24)(H,25,26). The van der Waals surface area contributed by atoms with Gasteiger partial charge < -0.3 is 20.3 Å². The van der Waals surface area contributed by atoms with E-state index in [1.54, 1.807) is 24.3 Å². The van der Waals surface area contributed by atoms with E-state index in [2.05, 4.69) is 5.10 Å². The van der Waals surface area contributed by atoms with Crippen molar-refractivity contribution in [3.8, 4) is 28.4 Å². The number of aromatic nitrogens is 2. The topological polar surface area (TPSA) is 117 Å². The number of rotatable bonds is 6. The number of aromatic carboxylic acids is 1. The molecule has 2 aromatic carbocycles. The highest BCUT2D eigenvalue weighted by Crippen LogP contribution is 2.39. The first-order chi connectivity index (χ1) is 13.4. The average Bonchev–Trinajstić information content (AvgIpc) is 3.12. The molecule has 0 bridgehead atoms. The summed E-state index contributed by atoms with van der Waals surface area (Å²) < 4.78 is 12.2. The van der Waals surface area contributed by atoms with Gasteiger partial charge >= 0.3 is 5.97 Å². The second kappa shape index (κ2) is 7.61. The van der Waals surface area contributed by atoms with Gasteiger partial charge in [-0.05, 0) is 36.4 Å². The van der Waals surface area contributed by atoms with Crippen molar-refractivity contribution in [2.75, 3.05) is 14.2 Å². The number of carboxylic acids is 1. The molecule has 0 saturated heterocycles. The van der Waals surface area contributed by atoms with E-state index in [0.29, 0.717) is 28.4 Å². The first kappa shape index (κ1) is 19.2. The number of methoxy groups -OCH3 is 2. The number of carbonyl (C=O) groups excluding carboxylic acids is 1. The van der Waals surface area contributed by atoms with Crippen LogP contribution in [0.5, 0.6) is 11.5 Å². The van der Waals surface area contributed by atoms with E-state index in [4.69, 9.17) is 26.8 Å². The van der Waals surface area contributed by atoms with Crippen LogP contribution in [-0.2, 0) is 0 Å². The summed E-state index contributed by atoms with van der Waals surface area (Å²) in [4.78, 5) is 22.9. The molecule has 0 saturated carbocycles. The van der Waals surface area contributed by atoms with Crippen LogP contribution in [0.4, 0.5) is 0 Å². The van der Waals surface area contributed by atoms with E-state index >= 15 is 0 Å². The molecule has 28 heavy (non-hydrogen) atoms. The number of nitrogens with zero attached hydrogens (tertiary/aromatic N) is 2. The molecule has 144 valence electrons. The second-order valence-corrected chi connectivity index (χ2v) is 6.10. The third-order valence-corrected chi connectivity index (χ3v) is 4.39. The van der Waals surface area contributed by atoms with Crippen molar-refractivity contribution in [2.45, 2.75) is 0 Å². The van der Waals surface area contributed by atoms with Crippen molar-refractivity contribution >= 4 is 23.5 Å². The number of carboxylic acid groups (broad SMARTS) is 1. The van der Waals surface area contributed by atoms with Gasteiger partial charge in [-0.3, -0.25) is 4.79 Å². The van der Waals surface area contributed by atoms with Crippen molar-refractivity contribution in [3.05, 3.63) is 58.7 Å². The van der Waals surface area contributed by atoms with E-state index < -0.39 is 11.9 Å². The number of benzene rings is 2. The quantitative estimate of drug-likeness (QED) is 0.655. The van der Waals surface area contributed by atoms with E-state index in [1.807, 2.05) is 0 Å². The molecule has 0 aliphatic carbocycles. The monoisotopic (exact) mass is 401 g/mol. The Hall–Kier alpha value is -3.52. The number of carbonyl (C=O) groups is 2. The van der Waals surface area contributed by atoms with Gasteiger partial charge in [0, 0.05) is 0 Å². The molecule has 8 nitrogen and oxygen atoms in total. The summed E-state index contributed by atoms with van der Waals surface area (Å²) in [7, 11) is 2.99. The van der Waals surface area contributed by atoms with Crippen molar-refractivity contribution in [2.24, 2.45) is 5.73 Å². The largest absolute Gasteiger partial charge is 0.496 e. The zero-order valence-electron chi connectivity index (χ0n) is 15.0. The Labute approximate surface area is 165 Å². The van der Waals surface area contributed by atoms with Gasteiger partial charge in [-0.15, -0.1) is 0 Å². The molecule has 0 atom stereocenters. The summed E-state index contributed by atoms with van der Waals surface area (Å²) >= 11 is 6.15. The Balaban J connectivity index is 2.29. The molecule has 3 rings (SSSR count). The number of halogens is 1. The van der Waals surface area contributed by atoms with Gasteiger partial charge in [0.15, 0.2) is 5.69 Å². The second-order valence-electron chi connectivity index (χ2n) is 5.70. The predicted octanol–water partition coefficient (Wildman–Crippen LogP) is 3.01. The van der Waals surface area contributed by atoms with Crippen molar-refractivity contribution in [3.63, 3.8) is 0 Å². The van der Waals surface area contributed by atoms with Crippen LogP contribution in [0.2, 0.25) is 5.02 Å². The number of nitrogens with two attached hydrogens (primary N) is 1. The fourth-order valence-electron chi connectivity index (χ4n) is 2.80. The maximum Gasteiger partial charge on any atom is 0.356 e. The Kier molecular flexibility index (Phi) is 5.23. The third-order valence-electron chi connectivity index (χ3n) is 4.08. The van der Waals surface area contributed by atoms with E-state index in [0.717, 1.165) is 0 Å². The number of hydrogen-bond donors (Lipinski definition) is 2. The van der Waals surface area contributed by atoms with E-state index in [9.17, 15) is 14.7 Å². The SMILES string of the molecule is COc1cccc(OC)c1-c1cc(C(=O)O)nn1-c1ccc(C(N)=O)c(Cl)c1. The molecule has 0 aliphatic rings. The van der Waals surface area contributed by atoms with Crippen molar-refractivity contribution in [1.82, 2.24) is 9.78 Å². The van der Waals surface area contributed by atoms with Crippen molar-refractivity contribution in [1.29, 1.82) is 0 Å². The van der Waals surface area contributed by atoms with Gasteiger partial charge in [0.25, 0.3) is 0 Å². The van der Waals surface area contributed by atoms with Crippen LogP contribution < -0.4 is 15.2 Å². The van der Waals surface area contributed by atoms with Gasteiger partial charge in [0.05, 0.1) is 41.8 Å². The number of amides is 1. The normalized spacial score (nSPS) is 10.5. The summed E-state index contributed by atoms with van der Waals surface area (Å²) in [5.74, 6) is -0.932. The summed E-state index contributed by atoms with van der Waals surface area (Å²) in [6.45, 7) is 0. The minimum Gasteiger partial charge on any atom is -0.496 e. The van der Waals surface area contributed by atoms with Crippen LogP contribution in [0.3, 0.4) is 0 Å². The van der Waals surface area contributed by atoms with Gasteiger partial charge in [0.1, 0.15) is 11.5 Å². The molecule has 1 amide bonds. The smallest absolute Gasteiger partial charge is 0.356 e. The summed E-state index contributed by atoms with van der Waals surface area (Å²) in [5, 5.41) is 13.7. The van der Waals surface area contributed by atoms with Crippen LogP contribution in [0, 0.1) is 0 Å². The molecular formula is C19H16ClN3O5. The maximum absolute atomic E-state index is 11.5. The minimum atomic E-state index is -1.20. The summed E-state index contributed by atoms with van der Waals surface area (Å²) in [6, 6.07) is 11.1. The van der Waals surface area contributed by atoms with Crippen molar-refractivity contribution < 1.29 is 24.2 Å². The van der Waals surface area contributed by atoms with Gasteiger partial charge in [0.2, 0.25) is 5.91 Å². The van der Waals surface area contributed by atoms with Crippen LogP contribution in [0.1, 0.15) is 20.8 Å². The lowest BCUT2D eigenvalue weighted by Gasteiger charge is -2.15. The van der Waals surface area contributed by atoms with Gasteiger partial charge in [-0.2, -0.15) is 5.10 Å². The van der Waals surface area contributed by atoms with E-state index in [-0.39, 0.29) is 16.3 Å². The number of primary amides is 1. The maximum atomic E-state index is 11.5. The molecule has 0 radical (unpaired) electrons. The van der Waals surface area contributed by atoms with E-state index in [1.165, 1.54) is 37.1 Å². The molecule has 3 aromatic rings. The highest BCUT2D eigenvalue weighted by molar-refractivity contribution is 6.34. The molecular weight excluding hydrogens is 386 g/mol. The Morgan fingerprint density at radius 2 is 1.75 bits per heavy atom. The minimum absolute atomic E-state index is 0.121. The zero-order chi connectivity index (χ0) is 20.4. The summed E-state index contributed by atoms with van der Waals surface area (Å²) in [5.41, 5.74) is 6.61. The Morgan fingerprint density at radius 1 is 1.11 bits per heavy atom. The number of ether oxygens (including phenoxy) is 2. The van der Waals surface area contributed by atoms with Crippen LogP contribution in [0.15, 0.2) is 42.5 Å². The lowest BCUT2D eigenvalue weighted by Crippen LogP contribution is -2.12. The van der Waals surface area contributed by atoms with Gasteiger partial charge in [-0.1, -0.05) is 17.7 Å².